The molecule has 9 heteroatoms. The molecule has 1 rings (SSSR count). The van der Waals surface area contributed by atoms with Gasteiger partial charge < -0.3 is 40.3 Å². The Balaban J connectivity index is 2.11. The van der Waals surface area contributed by atoms with Crippen molar-refractivity contribution in [3.05, 3.63) is 60.8 Å². The van der Waals surface area contributed by atoms with E-state index in [0.29, 0.717) is 12.8 Å². The summed E-state index contributed by atoms with van der Waals surface area (Å²) in [5.74, 6) is -0.140. The highest BCUT2D eigenvalue weighted by Crippen LogP contribution is 2.24. The normalized spacial score (nSPS) is 18.9. The molecule has 1 aliphatic heterocycles. The van der Waals surface area contributed by atoms with Crippen molar-refractivity contribution < 1.29 is 39.8 Å². The lowest BCUT2D eigenvalue weighted by Crippen LogP contribution is -2.60. The molecular weight excluding hydrogens is 983 g/mol. The number of rotatable bonds is 59. The van der Waals surface area contributed by atoms with E-state index in [1.165, 1.54) is 225 Å². The molecule has 0 spiro atoms. The van der Waals surface area contributed by atoms with Gasteiger partial charge in [0.2, 0.25) is 5.91 Å². The number of allylic oxidation sites excluding steroid dienone is 10. The highest BCUT2D eigenvalue weighted by molar-refractivity contribution is 5.76. The van der Waals surface area contributed by atoms with E-state index in [0.717, 1.165) is 70.6 Å². The first-order valence-corrected chi connectivity index (χ1v) is 34.0. The van der Waals surface area contributed by atoms with Gasteiger partial charge in [-0.2, -0.15) is 0 Å². The number of carbonyl (C=O) groups excluding carboxylic acids is 1. The molecule has 1 amide bonds. The van der Waals surface area contributed by atoms with E-state index in [4.69, 9.17) is 9.47 Å². The van der Waals surface area contributed by atoms with Crippen molar-refractivity contribution in [2.75, 3.05) is 13.2 Å². The Morgan fingerprint density at radius 1 is 0.443 bits per heavy atom. The van der Waals surface area contributed by atoms with Gasteiger partial charge in [0.15, 0.2) is 6.29 Å². The summed E-state index contributed by atoms with van der Waals surface area (Å²) in [6.07, 6.45) is 74.2. The Morgan fingerprint density at radius 2 is 0.785 bits per heavy atom. The standard InChI is InChI=1S/C70H129NO8/c1-3-5-7-9-11-13-15-17-19-21-23-25-27-28-29-30-31-32-33-34-35-36-38-40-42-44-46-48-50-52-54-56-58-60-66(74)71-63(62-78-70-69(77)68(76)67(75)65(61-72)79-70)64(73)59-57-55-53-51-49-47-45-43-41-39-37-26-24-22-20-18-16-14-12-10-8-6-4-2/h5,7,11,13,17,19,23,25,28-29,63-65,67-70,72-73,75-77H,3-4,6,8-10,12,14-16,18,20-22,24,26-27,30-62H2,1-2H3,(H,71,74)/b7-5-,13-11-,19-17-,25-23-,29-28-. The van der Waals surface area contributed by atoms with Gasteiger partial charge in [-0.3, -0.25) is 4.79 Å². The Hall–Kier alpha value is -2.11. The summed E-state index contributed by atoms with van der Waals surface area (Å²) in [7, 11) is 0. The van der Waals surface area contributed by atoms with Crippen molar-refractivity contribution in [3.63, 3.8) is 0 Å². The van der Waals surface area contributed by atoms with Crippen LogP contribution in [0.25, 0.3) is 0 Å². The van der Waals surface area contributed by atoms with Gasteiger partial charge in [0.25, 0.3) is 0 Å². The first-order valence-electron chi connectivity index (χ1n) is 34.0. The fraction of sp³-hybridized carbons (Fsp3) is 0.843. The van der Waals surface area contributed by atoms with Crippen LogP contribution >= 0.6 is 0 Å². The van der Waals surface area contributed by atoms with Crippen LogP contribution in [0.1, 0.15) is 322 Å². The minimum Gasteiger partial charge on any atom is -0.394 e. The summed E-state index contributed by atoms with van der Waals surface area (Å²) in [4.78, 5) is 13.1. The molecule has 0 aliphatic carbocycles. The molecule has 462 valence electrons. The molecule has 0 bridgehead atoms. The van der Waals surface area contributed by atoms with Gasteiger partial charge in [-0.25, -0.2) is 0 Å². The van der Waals surface area contributed by atoms with Crippen LogP contribution in [0.3, 0.4) is 0 Å². The molecular formula is C70H129NO8. The first kappa shape index (κ1) is 74.9. The molecule has 7 atom stereocenters. The third-order valence-electron chi connectivity index (χ3n) is 16.1. The predicted octanol–water partition coefficient (Wildman–Crippen LogP) is 18.2. The van der Waals surface area contributed by atoms with E-state index in [9.17, 15) is 30.3 Å². The number of hydrogen-bond acceptors (Lipinski definition) is 8. The van der Waals surface area contributed by atoms with Crippen molar-refractivity contribution in [1.82, 2.24) is 5.32 Å². The molecule has 7 unspecified atom stereocenters. The molecule has 0 saturated carbocycles. The summed E-state index contributed by atoms with van der Waals surface area (Å²) in [5, 5.41) is 54.9. The number of hydrogen-bond donors (Lipinski definition) is 6. The molecule has 1 aliphatic rings. The average molecular weight is 1110 g/mol. The van der Waals surface area contributed by atoms with Gasteiger partial charge in [-0.15, -0.1) is 0 Å². The maximum absolute atomic E-state index is 13.1. The third-order valence-corrected chi connectivity index (χ3v) is 16.1. The van der Waals surface area contributed by atoms with E-state index in [-0.39, 0.29) is 12.5 Å². The molecule has 1 fully saturated rings. The molecule has 6 N–H and O–H groups in total. The maximum Gasteiger partial charge on any atom is 0.220 e. The summed E-state index contributed by atoms with van der Waals surface area (Å²) < 4.78 is 11.4. The first-order chi connectivity index (χ1) is 38.8. The van der Waals surface area contributed by atoms with Crippen molar-refractivity contribution >= 4 is 5.91 Å². The van der Waals surface area contributed by atoms with Gasteiger partial charge in [0.05, 0.1) is 25.4 Å². The molecule has 0 aromatic heterocycles. The van der Waals surface area contributed by atoms with E-state index < -0.39 is 49.5 Å². The van der Waals surface area contributed by atoms with E-state index in [1.807, 2.05) is 0 Å². The van der Waals surface area contributed by atoms with Crippen LogP contribution in [0.4, 0.5) is 0 Å². The summed E-state index contributed by atoms with van der Waals surface area (Å²) >= 11 is 0. The zero-order chi connectivity index (χ0) is 57.2. The third kappa shape index (κ3) is 48.0. The minimum absolute atomic E-state index is 0.136. The zero-order valence-corrected chi connectivity index (χ0v) is 51.6. The second-order valence-corrected chi connectivity index (χ2v) is 23.6. The Kier molecular flexibility index (Phi) is 56.0. The van der Waals surface area contributed by atoms with Crippen molar-refractivity contribution in [2.24, 2.45) is 0 Å². The molecule has 0 aromatic carbocycles. The quantitative estimate of drug-likeness (QED) is 0.0261. The molecule has 1 heterocycles. The minimum atomic E-state index is -1.55. The van der Waals surface area contributed by atoms with E-state index in [1.54, 1.807) is 0 Å². The average Bonchev–Trinajstić information content (AvgIpc) is 3.47. The van der Waals surface area contributed by atoms with Crippen LogP contribution in [0.15, 0.2) is 60.8 Å². The second kappa shape index (κ2) is 59.1. The highest BCUT2D eigenvalue weighted by atomic mass is 16.7. The number of aliphatic hydroxyl groups excluding tert-OH is 5. The van der Waals surface area contributed by atoms with Crippen LogP contribution in [0.5, 0.6) is 0 Å². The van der Waals surface area contributed by atoms with Crippen LogP contribution < -0.4 is 5.32 Å². The van der Waals surface area contributed by atoms with E-state index in [2.05, 4.69) is 79.9 Å². The smallest absolute Gasteiger partial charge is 0.220 e. The Bertz CT molecular complexity index is 1430. The summed E-state index contributed by atoms with van der Waals surface area (Å²) in [6.45, 7) is 3.77. The van der Waals surface area contributed by atoms with Crippen LogP contribution in [0, 0.1) is 0 Å². The summed E-state index contributed by atoms with van der Waals surface area (Å²) in [6, 6.07) is -0.721. The molecule has 1 saturated heterocycles. The number of nitrogens with one attached hydrogen (secondary N) is 1. The van der Waals surface area contributed by atoms with Crippen molar-refractivity contribution in [1.29, 1.82) is 0 Å². The predicted molar refractivity (Wildman–Crippen MR) is 336 cm³/mol. The van der Waals surface area contributed by atoms with Crippen LogP contribution in [-0.2, 0) is 14.3 Å². The fourth-order valence-corrected chi connectivity index (χ4v) is 10.8. The van der Waals surface area contributed by atoms with Gasteiger partial charge in [0.1, 0.15) is 24.4 Å². The largest absolute Gasteiger partial charge is 0.394 e. The van der Waals surface area contributed by atoms with Gasteiger partial charge >= 0.3 is 0 Å². The SMILES string of the molecule is CC/C=C\C/C=C\C/C=C\C/C=C\C/C=C\CCCCCCCCCCCCCCCCCCCC(=O)NC(COC1OC(CO)C(O)C(O)C1O)C(O)CCCCCCCCCCCCCCCCCCCCCCCCC. The maximum atomic E-state index is 13.1. The topological polar surface area (TPSA) is 149 Å². The lowest BCUT2D eigenvalue weighted by molar-refractivity contribution is -0.302. The van der Waals surface area contributed by atoms with Crippen molar-refractivity contribution in [3.8, 4) is 0 Å². The number of amides is 1. The molecule has 0 aromatic rings. The second-order valence-electron chi connectivity index (χ2n) is 23.6. The lowest BCUT2D eigenvalue weighted by Gasteiger charge is -2.40. The Morgan fingerprint density at radius 3 is 1.16 bits per heavy atom. The van der Waals surface area contributed by atoms with E-state index >= 15 is 0 Å². The van der Waals surface area contributed by atoms with Crippen LogP contribution in [0.2, 0.25) is 0 Å². The molecule has 0 radical (unpaired) electrons. The molecule has 9 nitrogen and oxygen atoms in total. The lowest BCUT2D eigenvalue weighted by atomic mass is 9.99. The van der Waals surface area contributed by atoms with Crippen LogP contribution in [-0.4, -0.2) is 87.5 Å². The fourth-order valence-electron chi connectivity index (χ4n) is 10.8. The molecule has 79 heavy (non-hydrogen) atoms. The van der Waals surface area contributed by atoms with Gasteiger partial charge in [-0.05, 0) is 57.8 Å². The summed E-state index contributed by atoms with van der Waals surface area (Å²) in [5.41, 5.74) is 0. The number of unbranched alkanes of at least 4 members (excludes halogenated alkanes) is 39. The van der Waals surface area contributed by atoms with Gasteiger partial charge in [-0.1, -0.05) is 319 Å². The van der Waals surface area contributed by atoms with Crippen molar-refractivity contribution in [2.45, 2.75) is 365 Å². The van der Waals surface area contributed by atoms with Gasteiger partial charge in [0, 0.05) is 6.42 Å². The Labute approximate surface area is 487 Å². The number of carbonyl (C=O) groups is 1. The highest BCUT2D eigenvalue weighted by Gasteiger charge is 2.44. The number of aliphatic hydroxyl groups is 5. The monoisotopic (exact) mass is 1110 g/mol. The zero-order valence-electron chi connectivity index (χ0n) is 51.6. The number of ether oxygens (including phenoxy) is 2.